The smallest absolute Gasteiger partial charge is 0.238 e. The molecule has 2 aromatic carbocycles. The number of carbonyl (C=O) groups excluding carboxylic acids is 3. The van der Waals surface area contributed by atoms with Gasteiger partial charge < -0.3 is 0 Å². The van der Waals surface area contributed by atoms with E-state index in [9.17, 15) is 14.4 Å². The summed E-state index contributed by atoms with van der Waals surface area (Å²) in [6.45, 7) is 1.99. The second-order valence-corrected chi connectivity index (χ2v) is 8.80. The zero-order valence-corrected chi connectivity index (χ0v) is 17.1. The summed E-state index contributed by atoms with van der Waals surface area (Å²) in [5, 5.41) is 0. The molecule has 4 atom stereocenters. The molecule has 4 heteroatoms. The normalized spacial score (nSPS) is 27.6. The van der Waals surface area contributed by atoms with E-state index in [1.807, 2.05) is 61.5 Å². The molecule has 1 aliphatic heterocycles. The van der Waals surface area contributed by atoms with Crippen molar-refractivity contribution in [2.24, 2.45) is 23.7 Å². The molecule has 4 nitrogen and oxygen atoms in total. The Morgan fingerprint density at radius 3 is 2.40 bits per heavy atom. The van der Waals surface area contributed by atoms with Crippen LogP contribution in [0.1, 0.15) is 41.6 Å². The van der Waals surface area contributed by atoms with Crippen molar-refractivity contribution in [1.29, 1.82) is 0 Å². The maximum atomic E-state index is 13.5. The average molecular weight is 399 g/mol. The second kappa shape index (κ2) is 7.35. The van der Waals surface area contributed by atoms with Crippen molar-refractivity contribution >= 4 is 23.3 Å². The number of fused-ring (bicyclic) bond motifs is 3. The number of imide groups is 1. The molecular formula is C26H25NO3. The first kappa shape index (κ1) is 19.0. The number of aryl methyl sites for hydroxylation is 1. The van der Waals surface area contributed by atoms with Gasteiger partial charge in [-0.2, -0.15) is 0 Å². The molecule has 30 heavy (non-hydrogen) atoms. The van der Waals surface area contributed by atoms with E-state index in [2.05, 4.69) is 6.08 Å². The fraction of sp³-hybridized carbons (Fsp3) is 0.346. The van der Waals surface area contributed by atoms with Gasteiger partial charge in [0.15, 0.2) is 5.78 Å². The lowest BCUT2D eigenvalue weighted by molar-refractivity contribution is -0.122. The monoisotopic (exact) mass is 399 g/mol. The van der Waals surface area contributed by atoms with Crippen LogP contribution in [0.4, 0.5) is 5.69 Å². The number of para-hydroxylation sites is 1. The van der Waals surface area contributed by atoms with Gasteiger partial charge in [0.1, 0.15) is 0 Å². The maximum absolute atomic E-state index is 13.5. The van der Waals surface area contributed by atoms with E-state index in [0.717, 1.165) is 24.8 Å². The number of carbonyl (C=O) groups is 3. The molecule has 2 amide bonds. The lowest BCUT2D eigenvalue weighted by Crippen LogP contribution is -2.35. The van der Waals surface area contributed by atoms with Crippen LogP contribution in [-0.4, -0.2) is 17.6 Å². The summed E-state index contributed by atoms with van der Waals surface area (Å²) in [5.41, 5.74) is 3.68. The average Bonchev–Trinajstić information content (AvgIpc) is 3.31. The van der Waals surface area contributed by atoms with E-state index in [-0.39, 0.29) is 41.8 Å². The minimum Gasteiger partial charge on any atom is -0.294 e. The van der Waals surface area contributed by atoms with Crippen LogP contribution in [0.5, 0.6) is 0 Å². The van der Waals surface area contributed by atoms with E-state index in [4.69, 9.17) is 0 Å². The van der Waals surface area contributed by atoms with Crippen LogP contribution in [0, 0.1) is 30.6 Å². The highest BCUT2D eigenvalue weighted by Gasteiger charge is 2.57. The van der Waals surface area contributed by atoms with Crippen molar-refractivity contribution in [3.63, 3.8) is 0 Å². The van der Waals surface area contributed by atoms with Gasteiger partial charge in [-0.05, 0) is 50.2 Å². The number of nitrogens with zero attached hydrogens (tertiary/aromatic N) is 1. The highest BCUT2D eigenvalue weighted by molar-refractivity contribution is 6.22. The van der Waals surface area contributed by atoms with Gasteiger partial charge >= 0.3 is 0 Å². The summed E-state index contributed by atoms with van der Waals surface area (Å²) in [6.07, 6.45) is 5.39. The first-order valence-corrected chi connectivity index (χ1v) is 10.8. The molecular weight excluding hydrogens is 374 g/mol. The number of ketones is 1. The van der Waals surface area contributed by atoms with E-state index >= 15 is 0 Å². The Kier molecular flexibility index (Phi) is 4.65. The molecule has 0 spiro atoms. The molecule has 2 aliphatic carbocycles. The third kappa shape index (κ3) is 3.02. The standard InChI is InChI=1S/C26H25NO3/c1-16-10-12-17(13-11-16)22(28)15-19-14-18-6-5-9-21(18)24-23(19)25(29)27(26(24)30)20-7-3-2-4-8-20/h2-4,7-8,10-14,19,21,23-24H,5-6,9,15H2,1H3/t19-,21-,23?,24?/m1/s1. The van der Waals surface area contributed by atoms with Crippen LogP contribution in [0.3, 0.4) is 0 Å². The Morgan fingerprint density at radius 1 is 0.967 bits per heavy atom. The number of Topliss-reactive ketones (excluding diaryl/α,β-unsaturated/α-hetero) is 1. The molecule has 0 aromatic heterocycles. The summed E-state index contributed by atoms with van der Waals surface area (Å²) < 4.78 is 0. The number of allylic oxidation sites excluding steroid dienone is 2. The number of benzene rings is 2. The van der Waals surface area contributed by atoms with Crippen LogP contribution >= 0.6 is 0 Å². The number of amides is 2. The molecule has 1 heterocycles. The summed E-state index contributed by atoms with van der Waals surface area (Å²) in [7, 11) is 0. The minimum absolute atomic E-state index is 0.0328. The summed E-state index contributed by atoms with van der Waals surface area (Å²) in [5.74, 6) is -1.08. The highest BCUT2D eigenvalue weighted by atomic mass is 16.2. The number of hydrogen-bond acceptors (Lipinski definition) is 3. The quantitative estimate of drug-likeness (QED) is 0.424. The maximum Gasteiger partial charge on any atom is 0.238 e. The topological polar surface area (TPSA) is 54.5 Å². The van der Waals surface area contributed by atoms with E-state index in [1.54, 1.807) is 0 Å². The molecule has 2 aromatic rings. The van der Waals surface area contributed by atoms with E-state index in [1.165, 1.54) is 10.5 Å². The second-order valence-electron chi connectivity index (χ2n) is 8.80. The predicted octanol–water partition coefficient (Wildman–Crippen LogP) is 4.73. The molecule has 5 rings (SSSR count). The molecule has 2 unspecified atom stereocenters. The van der Waals surface area contributed by atoms with Crippen LogP contribution < -0.4 is 4.90 Å². The molecule has 0 N–H and O–H groups in total. The highest BCUT2D eigenvalue weighted by Crippen LogP contribution is 2.52. The van der Waals surface area contributed by atoms with Crippen molar-refractivity contribution < 1.29 is 14.4 Å². The number of rotatable bonds is 4. The van der Waals surface area contributed by atoms with Gasteiger partial charge in [-0.15, -0.1) is 0 Å². The molecule has 0 radical (unpaired) electrons. The first-order chi connectivity index (χ1) is 14.5. The summed E-state index contributed by atoms with van der Waals surface area (Å²) in [4.78, 5) is 41.3. The van der Waals surface area contributed by atoms with Crippen molar-refractivity contribution in [3.8, 4) is 0 Å². The van der Waals surface area contributed by atoms with Gasteiger partial charge in [-0.1, -0.05) is 59.7 Å². The molecule has 1 saturated carbocycles. The van der Waals surface area contributed by atoms with Gasteiger partial charge in [0.05, 0.1) is 17.5 Å². The summed E-state index contributed by atoms with van der Waals surface area (Å²) >= 11 is 0. The van der Waals surface area contributed by atoms with Gasteiger partial charge in [-0.25, -0.2) is 0 Å². The molecule has 1 saturated heterocycles. The van der Waals surface area contributed by atoms with Gasteiger partial charge in [0.2, 0.25) is 11.8 Å². The molecule has 0 bridgehead atoms. The van der Waals surface area contributed by atoms with Crippen LogP contribution in [0.2, 0.25) is 0 Å². The molecule has 2 fully saturated rings. The molecule has 3 aliphatic rings. The zero-order chi connectivity index (χ0) is 20.8. The SMILES string of the molecule is Cc1ccc(C(=O)C[C@H]2C=C3CCC[C@H]3C3C(=O)N(c4ccccc4)C(=O)C32)cc1. The third-order valence-corrected chi connectivity index (χ3v) is 6.99. The first-order valence-electron chi connectivity index (χ1n) is 10.8. The van der Waals surface area contributed by atoms with Crippen molar-refractivity contribution in [2.75, 3.05) is 4.90 Å². The Bertz CT molecular complexity index is 1040. The lowest BCUT2D eigenvalue weighted by atomic mass is 9.67. The summed E-state index contributed by atoms with van der Waals surface area (Å²) in [6, 6.07) is 16.7. The zero-order valence-electron chi connectivity index (χ0n) is 17.1. The predicted molar refractivity (Wildman–Crippen MR) is 115 cm³/mol. The van der Waals surface area contributed by atoms with E-state index < -0.39 is 5.92 Å². The Labute approximate surface area is 176 Å². The van der Waals surface area contributed by atoms with Crippen molar-refractivity contribution in [1.82, 2.24) is 0 Å². The third-order valence-electron chi connectivity index (χ3n) is 6.99. The van der Waals surface area contributed by atoms with Crippen LogP contribution in [-0.2, 0) is 9.59 Å². The Balaban J connectivity index is 1.49. The number of anilines is 1. The largest absolute Gasteiger partial charge is 0.294 e. The van der Waals surface area contributed by atoms with Crippen LogP contribution in [0.15, 0.2) is 66.2 Å². The lowest BCUT2D eigenvalue weighted by Gasteiger charge is -2.33. The van der Waals surface area contributed by atoms with Gasteiger partial charge in [0, 0.05) is 12.0 Å². The van der Waals surface area contributed by atoms with E-state index in [0.29, 0.717) is 11.3 Å². The van der Waals surface area contributed by atoms with Gasteiger partial charge in [-0.3, -0.25) is 19.3 Å². The number of hydrogen-bond donors (Lipinski definition) is 0. The fourth-order valence-corrected chi connectivity index (χ4v) is 5.57. The fourth-order valence-electron chi connectivity index (χ4n) is 5.57. The van der Waals surface area contributed by atoms with Crippen LogP contribution in [0.25, 0.3) is 0 Å². The minimum atomic E-state index is -0.445. The molecule has 152 valence electrons. The Hall–Kier alpha value is -3.01. The van der Waals surface area contributed by atoms with Gasteiger partial charge in [0.25, 0.3) is 0 Å². The van der Waals surface area contributed by atoms with Crippen molar-refractivity contribution in [2.45, 2.75) is 32.6 Å². The Morgan fingerprint density at radius 2 is 1.67 bits per heavy atom. The van der Waals surface area contributed by atoms with Crippen molar-refractivity contribution in [3.05, 3.63) is 77.4 Å².